The van der Waals surface area contributed by atoms with Gasteiger partial charge in [0.25, 0.3) is 0 Å². The van der Waals surface area contributed by atoms with Crippen LogP contribution in [-0.2, 0) is 9.73 Å². The Morgan fingerprint density at radius 1 is 1.45 bits per heavy atom. The van der Waals surface area contributed by atoms with Crippen molar-refractivity contribution in [2.24, 2.45) is 0 Å². The van der Waals surface area contributed by atoms with Crippen molar-refractivity contribution in [2.75, 3.05) is 26.4 Å². The van der Waals surface area contributed by atoms with Crippen molar-refractivity contribution in [3.63, 3.8) is 0 Å². The normalized spacial score (nSPS) is 28.2. The van der Waals surface area contributed by atoms with E-state index in [9.17, 15) is 4.21 Å². The lowest BCUT2D eigenvalue weighted by Gasteiger charge is -2.28. The lowest BCUT2D eigenvalue weighted by molar-refractivity contribution is 0.279. The van der Waals surface area contributed by atoms with Crippen molar-refractivity contribution in [3.8, 4) is 0 Å². The molecular formula is C7H16N2OS. The van der Waals surface area contributed by atoms with E-state index in [4.69, 9.17) is 4.78 Å². The predicted octanol–water partition coefficient (Wildman–Crippen LogP) is 0.757. The van der Waals surface area contributed by atoms with Crippen molar-refractivity contribution in [3.05, 3.63) is 0 Å². The molecule has 0 spiro atoms. The minimum atomic E-state index is -2.28. The summed E-state index contributed by atoms with van der Waals surface area (Å²) in [7, 11) is -0.209. The molecule has 0 aromatic rings. The summed E-state index contributed by atoms with van der Waals surface area (Å²) < 4.78 is 18.7. The van der Waals surface area contributed by atoms with Gasteiger partial charge in [-0.2, -0.15) is 0 Å². The van der Waals surface area contributed by atoms with E-state index in [0.29, 0.717) is 0 Å². The van der Waals surface area contributed by atoms with Crippen LogP contribution in [0.3, 0.4) is 0 Å². The van der Waals surface area contributed by atoms with Gasteiger partial charge in [0.15, 0.2) is 0 Å². The summed E-state index contributed by atoms with van der Waals surface area (Å²) in [6.45, 7) is 1.99. The first-order valence-corrected chi connectivity index (χ1v) is 5.94. The molecule has 0 aromatic heterocycles. The van der Waals surface area contributed by atoms with Crippen molar-refractivity contribution in [1.29, 1.82) is 4.78 Å². The molecule has 0 aromatic carbocycles. The summed E-state index contributed by atoms with van der Waals surface area (Å²) in [4.78, 5) is 2.22. The maximum absolute atomic E-state index is 11.3. The van der Waals surface area contributed by atoms with Gasteiger partial charge < -0.3 is 4.90 Å². The molecule has 1 atom stereocenters. The number of nitrogens with one attached hydrogen (secondary N) is 1. The van der Waals surface area contributed by atoms with Crippen LogP contribution < -0.4 is 0 Å². The van der Waals surface area contributed by atoms with E-state index in [0.717, 1.165) is 25.9 Å². The third-order valence-corrected chi connectivity index (χ3v) is 4.05. The summed E-state index contributed by atoms with van der Waals surface area (Å²) in [5, 5.41) is 0.138. The molecule has 0 radical (unpaired) electrons. The summed E-state index contributed by atoms with van der Waals surface area (Å²) in [6.07, 6.45) is 3.41. The third kappa shape index (κ3) is 2.45. The van der Waals surface area contributed by atoms with Crippen LogP contribution in [0.2, 0.25) is 0 Å². The number of hydrogen-bond donors (Lipinski definition) is 1. The highest BCUT2D eigenvalue weighted by Crippen LogP contribution is 2.15. The van der Waals surface area contributed by atoms with Gasteiger partial charge in [-0.05, 0) is 33.0 Å². The molecule has 0 amide bonds. The molecule has 1 N–H and O–H groups in total. The highest BCUT2D eigenvalue weighted by molar-refractivity contribution is 7.92. The van der Waals surface area contributed by atoms with Crippen LogP contribution in [0.15, 0.2) is 0 Å². The zero-order valence-electron chi connectivity index (χ0n) is 7.17. The van der Waals surface area contributed by atoms with Crippen molar-refractivity contribution in [1.82, 2.24) is 4.90 Å². The Balaban J connectivity index is 2.53. The second-order valence-corrected chi connectivity index (χ2v) is 5.88. The van der Waals surface area contributed by atoms with Crippen LogP contribution >= 0.6 is 0 Å². The molecule has 1 unspecified atom stereocenters. The van der Waals surface area contributed by atoms with Gasteiger partial charge in [0, 0.05) is 21.2 Å². The average Bonchev–Trinajstić information content (AvgIpc) is 1.86. The van der Waals surface area contributed by atoms with E-state index in [1.54, 1.807) is 6.26 Å². The van der Waals surface area contributed by atoms with Crippen LogP contribution in [0, 0.1) is 4.78 Å². The molecule has 1 aliphatic rings. The SMILES string of the molecule is CN1CCC(S(C)(=N)=O)CC1. The molecule has 1 rings (SSSR count). The fourth-order valence-electron chi connectivity index (χ4n) is 1.43. The molecule has 4 heteroatoms. The largest absolute Gasteiger partial charge is 0.306 e. The highest BCUT2D eigenvalue weighted by atomic mass is 32.2. The zero-order valence-corrected chi connectivity index (χ0v) is 7.99. The van der Waals surface area contributed by atoms with Gasteiger partial charge >= 0.3 is 0 Å². The summed E-state index contributed by atoms with van der Waals surface area (Å²) >= 11 is 0. The van der Waals surface area contributed by atoms with Crippen LogP contribution in [0.4, 0.5) is 0 Å². The number of likely N-dealkylation sites (tertiary alicyclic amines) is 1. The lowest BCUT2D eigenvalue weighted by Crippen LogP contribution is -2.36. The van der Waals surface area contributed by atoms with Gasteiger partial charge in [-0.25, -0.2) is 4.21 Å². The minimum absolute atomic E-state index is 0.138. The first-order chi connectivity index (χ1) is 5.00. The van der Waals surface area contributed by atoms with E-state index >= 15 is 0 Å². The first-order valence-electron chi connectivity index (χ1n) is 3.91. The monoisotopic (exact) mass is 176 g/mol. The van der Waals surface area contributed by atoms with Crippen LogP contribution in [0.1, 0.15) is 12.8 Å². The quantitative estimate of drug-likeness (QED) is 0.641. The third-order valence-electron chi connectivity index (χ3n) is 2.30. The average molecular weight is 176 g/mol. The van der Waals surface area contributed by atoms with Gasteiger partial charge in [0.2, 0.25) is 0 Å². The second kappa shape index (κ2) is 3.11. The Kier molecular flexibility index (Phi) is 2.54. The maximum Gasteiger partial charge on any atom is 0.0449 e. The summed E-state index contributed by atoms with van der Waals surface area (Å²) in [5.41, 5.74) is 0. The topological polar surface area (TPSA) is 44.2 Å². The van der Waals surface area contributed by atoms with Crippen LogP contribution in [0.5, 0.6) is 0 Å². The molecule has 66 valence electrons. The maximum atomic E-state index is 11.3. The Bertz CT molecular complexity index is 215. The number of piperidine rings is 1. The Morgan fingerprint density at radius 2 is 1.91 bits per heavy atom. The fourth-order valence-corrected chi connectivity index (χ4v) is 2.55. The van der Waals surface area contributed by atoms with E-state index in [1.807, 2.05) is 0 Å². The van der Waals surface area contributed by atoms with E-state index < -0.39 is 9.73 Å². The van der Waals surface area contributed by atoms with E-state index in [2.05, 4.69) is 11.9 Å². The van der Waals surface area contributed by atoms with Gasteiger partial charge in [-0.15, -0.1) is 0 Å². The lowest BCUT2D eigenvalue weighted by atomic mass is 10.1. The Morgan fingerprint density at radius 3 is 2.27 bits per heavy atom. The minimum Gasteiger partial charge on any atom is -0.306 e. The molecule has 0 saturated carbocycles. The molecule has 3 nitrogen and oxygen atoms in total. The molecule has 1 aliphatic heterocycles. The van der Waals surface area contributed by atoms with Crippen molar-refractivity contribution in [2.45, 2.75) is 18.1 Å². The summed E-state index contributed by atoms with van der Waals surface area (Å²) in [6, 6.07) is 0. The highest BCUT2D eigenvalue weighted by Gasteiger charge is 2.22. The second-order valence-electron chi connectivity index (χ2n) is 3.41. The molecule has 0 bridgehead atoms. The van der Waals surface area contributed by atoms with Crippen LogP contribution in [-0.4, -0.2) is 40.8 Å². The molecule has 1 fully saturated rings. The van der Waals surface area contributed by atoms with Gasteiger partial charge in [-0.1, -0.05) is 0 Å². The van der Waals surface area contributed by atoms with Gasteiger partial charge in [-0.3, -0.25) is 4.78 Å². The van der Waals surface area contributed by atoms with Crippen molar-refractivity contribution < 1.29 is 4.21 Å². The molecule has 11 heavy (non-hydrogen) atoms. The molecule has 1 saturated heterocycles. The van der Waals surface area contributed by atoms with Crippen molar-refractivity contribution >= 4 is 9.73 Å². The number of hydrogen-bond acceptors (Lipinski definition) is 3. The van der Waals surface area contributed by atoms with Gasteiger partial charge in [0.05, 0.1) is 0 Å². The Labute approximate surface area is 68.8 Å². The smallest absolute Gasteiger partial charge is 0.0449 e. The summed E-state index contributed by atoms with van der Waals surface area (Å²) in [5.74, 6) is 0. The first kappa shape index (κ1) is 9.00. The number of nitrogens with zero attached hydrogens (tertiary/aromatic N) is 1. The number of rotatable bonds is 1. The standard InChI is InChI=1S/C7H16N2OS/c1-9-5-3-7(4-6-9)11(2,8)10/h7-8H,3-6H2,1-2H3. The molecular weight excluding hydrogens is 160 g/mol. The fraction of sp³-hybridized carbons (Fsp3) is 1.00. The van der Waals surface area contributed by atoms with E-state index in [1.165, 1.54) is 0 Å². The van der Waals surface area contributed by atoms with E-state index in [-0.39, 0.29) is 5.25 Å². The zero-order chi connectivity index (χ0) is 8.48. The Hall–Kier alpha value is -0.0900. The van der Waals surface area contributed by atoms with Gasteiger partial charge in [0.1, 0.15) is 0 Å². The molecule has 0 aliphatic carbocycles. The van der Waals surface area contributed by atoms with Crippen LogP contribution in [0.25, 0.3) is 0 Å². The predicted molar refractivity (Wildman–Crippen MR) is 47.3 cm³/mol. The molecule has 1 heterocycles.